The first-order chi connectivity index (χ1) is 14.1. The third-order valence-corrected chi connectivity index (χ3v) is 5.21. The van der Waals surface area contributed by atoms with Crippen LogP contribution in [0.2, 0.25) is 0 Å². The van der Waals surface area contributed by atoms with Gasteiger partial charge in [-0.05, 0) is 29.7 Å². The third-order valence-electron chi connectivity index (χ3n) is 5.21. The van der Waals surface area contributed by atoms with E-state index in [9.17, 15) is 9.59 Å². The molecule has 6 heteroatoms. The van der Waals surface area contributed by atoms with Crippen LogP contribution in [-0.4, -0.2) is 61.4 Å². The lowest BCUT2D eigenvalue weighted by molar-refractivity contribution is -0.133. The van der Waals surface area contributed by atoms with Gasteiger partial charge in [-0.15, -0.1) is 0 Å². The van der Waals surface area contributed by atoms with Gasteiger partial charge in [-0.2, -0.15) is 0 Å². The maximum absolute atomic E-state index is 12.5. The molecular weight excluding hydrogens is 366 g/mol. The number of nitrogens with one attached hydrogen (secondary N) is 1. The molecule has 1 saturated heterocycles. The molecule has 0 bridgehead atoms. The zero-order chi connectivity index (χ0) is 20.5. The highest BCUT2D eigenvalue weighted by Gasteiger charge is 2.22. The van der Waals surface area contributed by atoms with Crippen molar-refractivity contribution in [2.45, 2.75) is 19.4 Å². The summed E-state index contributed by atoms with van der Waals surface area (Å²) in [6, 6.07) is 17.7. The zero-order valence-corrected chi connectivity index (χ0v) is 17.0. The van der Waals surface area contributed by atoms with Gasteiger partial charge in [0, 0.05) is 39.1 Å². The van der Waals surface area contributed by atoms with Gasteiger partial charge in [0.2, 0.25) is 11.8 Å². The van der Waals surface area contributed by atoms with Crippen LogP contribution in [-0.2, 0) is 22.6 Å². The summed E-state index contributed by atoms with van der Waals surface area (Å²) in [5.41, 5.74) is 2.22. The molecule has 1 aliphatic heterocycles. The maximum atomic E-state index is 12.5. The Bertz CT molecular complexity index is 785. The average molecular weight is 396 g/mol. The largest absolute Gasteiger partial charge is 0.497 e. The summed E-state index contributed by atoms with van der Waals surface area (Å²) in [4.78, 5) is 28.7. The number of hydrogen-bond donors (Lipinski definition) is 1. The molecule has 1 aliphatic rings. The van der Waals surface area contributed by atoms with Gasteiger partial charge in [-0.25, -0.2) is 0 Å². The van der Waals surface area contributed by atoms with Gasteiger partial charge in [0.25, 0.3) is 0 Å². The summed E-state index contributed by atoms with van der Waals surface area (Å²) in [7, 11) is 1.64. The molecule has 1 heterocycles. The van der Waals surface area contributed by atoms with Crippen molar-refractivity contribution in [1.82, 2.24) is 15.1 Å². The number of aryl methyl sites for hydroxylation is 1. The van der Waals surface area contributed by atoms with Crippen molar-refractivity contribution < 1.29 is 14.3 Å². The van der Waals surface area contributed by atoms with Gasteiger partial charge in [-0.1, -0.05) is 42.5 Å². The van der Waals surface area contributed by atoms with Crippen LogP contribution in [0, 0.1) is 0 Å². The number of piperazine rings is 1. The highest BCUT2D eigenvalue weighted by atomic mass is 16.5. The standard InChI is InChI=1S/C23H29N3O3/c1-29-21-10-7-19(8-11-21)9-12-23(28)26-15-13-25(14-16-26)18-22(27)24-17-20-5-3-2-4-6-20/h2-8,10-11H,9,12-18H2,1H3,(H,24,27). The Hall–Kier alpha value is -2.86. The number of nitrogens with zero attached hydrogens (tertiary/aromatic N) is 2. The Balaban J connectivity index is 1.34. The minimum atomic E-state index is 0.0214. The molecule has 0 radical (unpaired) electrons. The van der Waals surface area contributed by atoms with E-state index in [2.05, 4.69) is 10.2 Å². The van der Waals surface area contributed by atoms with Gasteiger partial charge in [-0.3, -0.25) is 14.5 Å². The fourth-order valence-electron chi connectivity index (χ4n) is 3.41. The van der Waals surface area contributed by atoms with E-state index in [-0.39, 0.29) is 11.8 Å². The summed E-state index contributed by atoms with van der Waals surface area (Å²) in [5.74, 6) is 1.02. The van der Waals surface area contributed by atoms with E-state index in [1.807, 2.05) is 59.5 Å². The summed E-state index contributed by atoms with van der Waals surface area (Å²) < 4.78 is 5.16. The number of rotatable bonds is 8. The lowest BCUT2D eigenvalue weighted by atomic mass is 10.1. The van der Waals surface area contributed by atoms with Crippen molar-refractivity contribution >= 4 is 11.8 Å². The van der Waals surface area contributed by atoms with E-state index >= 15 is 0 Å². The molecule has 2 amide bonds. The summed E-state index contributed by atoms with van der Waals surface area (Å²) >= 11 is 0. The van der Waals surface area contributed by atoms with Crippen LogP contribution < -0.4 is 10.1 Å². The number of methoxy groups -OCH3 is 1. The number of carbonyl (C=O) groups excluding carboxylic acids is 2. The molecule has 29 heavy (non-hydrogen) atoms. The molecule has 1 fully saturated rings. The highest BCUT2D eigenvalue weighted by molar-refractivity contribution is 5.78. The van der Waals surface area contributed by atoms with Crippen LogP contribution in [0.3, 0.4) is 0 Å². The predicted molar refractivity (Wildman–Crippen MR) is 113 cm³/mol. The third kappa shape index (κ3) is 6.61. The summed E-state index contributed by atoms with van der Waals surface area (Å²) in [5, 5.41) is 2.96. The second-order valence-corrected chi connectivity index (χ2v) is 7.27. The van der Waals surface area contributed by atoms with Gasteiger partial charge in [0.05, 0.1) is 13.7 Å². The SMILES string of the molecule is COc1ccc(CCC(=O)N2CCN(CC(=O)NCc3ccccc3)CC2)cc1. The van der Waals surface area contributed by atoms with Crippen LogP contribution in [0.1, 0.15) is 17.5 Å². The summed E-state index contributed by atoms with van der Waals surface area (Å²) in [6.07, 6.45) is 1.23. The maximum Gasteiger partial charge on any atom is 0.234 e. The first kappa shape index (κ1) is 20.9. The second-order valence-electron chi connectivity index (χ2n) is 7.27. The first-order valence-corrected chi connectivity index (χ1v) is 10.1. The number of ether oxygens (including phenoxy) is 1. The smallest absolute Gasteiger partial charge is 0.234 e. The van der Waals surface area contributed by atoms with E-state index in [0.717, 1.165) is 36.4 Å². The number of benzene rings is 2. The molecule has 0 saturated carbocycles. The molecule has 0 atom stereocenters. The first-order valence-electron chi connectivity index (χ1n) is 10.1. The number of carbonyl (C=O) groups is 2. The molecule has 1 N–H and O–H groups in total. The zero-order valence-electron chi connectivity index (χ0n) is 17.0. The lowest BCUT2D eigenvalue weighted by Crippen LogP contribution is -2.51. The predicted octanol–water partition coefficient (Wildman–Crippen LogP) is 2.09. The molecule has 2 aromatic rings. The fraction of sp³-hybridized carbons (Fsp3) is 0.391. The molecule has 154 valence electrons. The van der Waals surface area contributed by atoms with Crippen molar-refractivity contribution in [2.24, 2.45) is 0 Å². The Morgan fingerprint density at radius 3 is 2.28 bits per heavy atom. The summed E-state index contributed by atoms with van der Waals surface area (Å²) in [6.45, 7) is 3.73. The van der Waals surface area contributed by atoms with Gasteiger partial charge < -0.3 is 15.0 Å². The molecule has 2 aromatic carbocycles. The van der Waals surface area contributed by atoms with E-state index in [1.54, 1.807) is 7.11 Å². The molecular formula is C23H29N3O3. The molecule has 0 spiro atoms. The molecule has 6 nitrogen and oxygen atoms in total. The van der Waals surface area contributed by atoms with E-state index in [4.69, 9.17) is 4.74 Å². The second kappa shape index (κ2) is 10.6. The minimum absolute atomic E-state index is 0.0214. The molecule has 0 aromatic heterocycles. The van der Waals surface area contributed by atoms with Crippen LogP contribution in [0.25, 0.3) is 0 Å². The van der Waals surface area contributed by atoms with Crippen LogP contribution in [0.4, 0.5) is 0 Å². The molecule has 0 aliphatic carbocycles. The topological polar surface area (TPSA) is 61.9 Å². The van der Waals surface area contributed by atoms with E-state index in [0.29, 0.717) is 32.6 Å². The number of amides is 2. The van der Waals surface area contributed by atoms with Gasteiger partial charge >= 0.3 is 0 Å². The Kier molecular flexibility index (Phi) is 7.64. The van der Waals surface area contributed by atoms with Crippen molar-refractivity contribution in [2.75, 3.05) is 39.8 Å². The average Bonchev–Trinajstić information content (AvgIpc) is 2.77. The lowest BCUT2D eigenvalue weighted by Gasteiger charge is -2.34. The fourth-order valence-corrected chi connectivity index (χ4v) is 3.41. The van der Waals surface area contributed by atoms with Crippen molar-refractivity contribution in [3.05, 3.63) is 65.7 Å². The number of hydrogen-bond acceptors (Lipinski definition) is 4. The van der Waals surface area contributed by atoms with Gasteiger partial charge in [0.1, 0.15) is 5.75 Å². The van der Waals surface area contributed by atoms with E-state index in [1.165, 1.54) is 0 Å². The van der Waals surface area contributed by atoms with Crippen LogP contribution >= 0.6 is 0 Å². The Labute approximate surface area is 172 Å². The Morgan fingerprint density at radius 1 is 0.931 bits per heavy atom. The Morgan fingerprint density at radius 2 is 1.62 bits per heavy atom. The minimum Gasteiger partial charge on any atom is -0.497 e. The molecule has 0 unspecified atom stereocenters. The normalized spacial score (nSPS) is 14.4. The van der Waals surface area contributed by atoms with Crippen LogP contribution in [0.15, 0.2) is 54.6 Å². The monoisotopic (exact) mass is 395 g/mol. The van der Waals surface area contributed by atoms with Crippen molar-refractivity contribution in [3.8, 4) is 5.75 Å². The molecule has 3 rings (SSSR count). The quantitative estimate of drug-likeness (QED) is 0.744. The van der Waals surface area contributed by atoms with Gasteiger partial charge in [0.15, 0.2) is 0 Å². The van der Waals surface area contributed by atoms with Crippen LogP contribution in [0.5, 0.6) is 5.75 Å². The van der Waals surface area contributed by atoms with Crippen molar-refractivity contribution in [1.29, 1.82) is 0 Å². The highest BCUT2D eigenvalue weighted by Crippen LogP contribution is 2.13. The van der Waals surface area contributed by atoms with E-state index < -0.39 is 0 Å². The van der Waals surface area contributed by atoms with Crippen molar-refractivity contribution in [3.63, 3.8) is 0 Å².